The summed E-state index contributed by atoms with van der Waals surface area (Å²) in [4.78, 5) is 19.6. The molecule has 1 aromatic carbocycles. The van der Waals surface area contributed by atoms with Crippen LogP contribution >= 0.6 is 0 Å². The van der Waals surface area contributed by atoms with E-state index in [1.807, 2.05) is 24.3 Å². The molecule has 0 bridgehead atoms. The van der Waals surface area contributed by atoms with Crippen LogP contribution in [0.5, 0.6) is 5.75 Å². The van der Waals surface area contributed by atoms with Crippen LogP contribution in [0.1, 0.15) is 46.4 Å². The third kappa shape index (κ3) is 5.59. The average molecular weight is 415 g/mol. The van der Waals surface area contributed by atoms with Gasteiger partial charge >= 0.3 is 0 Å². The van der Waals surface area contributed by atoms with Crippen molar-refractivity contribution in [3.63, 3.8) is 0 Å². The molecular formula is C23H34N4O3. The molecule has 3 rings (SSSR count). The fraction of sp³-hybridized carbons (Fsp3) is 0.609. The van der Waals surface area contributed by atoms with Crippen molar-refractivity contribution in [1.29, 1.82) is 0 Å². The summed E-state index contributed by atoms with van der Waals surface area (Å²) in [5.74, 6) is 2.93. The molecule has 0 aliphatic carbocycles. The molecule has 30 heavy (non-hydrogen) atoms. The predicted octanol–water partition coefficient (Wildman–Crippen LogP) is 3.75. The second-order valence-electron chi connectivity index (χ2n) is 8.84. The molecule has 7 nitrogen and oxygen atoms in total. The van der Waals surface area contributed by atoms with E-state index in [2.05, 4.69) is 48.1 Å². The molecular weight excluding hydrogens is 380 g/mol. The van der Waals surface area contributed by atoms with E-state index in [1.54, 1.807) is 7.11 Å². The van der Waals surface area contributed by atoms with E-state index >= 15 is 0 Å². The molecule has 1 aromatic heterocycles. The van der Waals surface area contributed by atoms with Gasteiger partial charge in [0.1, 0.15) is 5.75 Å². The van der Waals surface area contributed by atoms with Gasteiger partial charge in [-0.2, -0.15) is 4.98 Å². The number of aromatic nitrogens is 2. The highest BCUT2D eigenvalue weighted by Crippen LogP contribution is 2.23. The van der Waals surface area contributed by atoms with E-state index in [0.29, 0.717) is 30.1 Å². The monoisotopic (exact) mass is 414 g/mol. The number of piperidine rings is 1. The lowest BCUT2D eigenvalue weighted by Gasteiger charge is -2.33. The fourth-order valence-corrected chi connectivity index (χ4v) is 4.17. The number of methoxy groups -OCH3 is 1. The van der Waals surface area contributed by atoms with Gasteiger partial charge in [-0.25, -0.2) is 0 Å². The SMILES string of the molecule is COc1ccc(-c2noc(CN3CCCC(C(=O)NC(C(C)C)C(C)C)C3)n2)cc1. The van der Waals surface area contributed by atoms with E-state index in [4.69, 9.17) is 9.26 Å². The molecule has 1 N–H and O–H groups in total. The Hall–Kier alpha value is -2.41. The third-order valence-corrected chi connectivity index (χ3v) is 5.80. The zero-order chi connectivity index (χ0) is 21.7. The van der Waals surface area contributed by atoms with E-state index in [0.717, 1.165) is 37.2 Å². The molecule has 1 aliphatic rings. The standard InChI is InChI=1S/C23H34N4O3/c1-15(2)21(16(3)4)25-23(28)18-7-6-12-27(13-18)14-20-24-22(26-30-20)17-8-10-19(29-5)11-9-17/h8-11,15-16,18,21H,6-7,12-14H2,1-5H3,(H,25,28). The number of benzene rings is 1. The zero-order valence-corrected chi connectivity index (χ0v) is 18.7. The molecule has 0 saturated carbocycles. The highest BCUT2D eigenvalue weighted by atomic mass is 16.5. The summed E-state index contributed by atoms with van der Waals surface area (Å²) in [5.41, 5.74) is 0.884. The summed E-state index contributed by atoms with van der Waals surface area (Å²) < 4.78 is 10.7. The number of carbonyl (C=O) groups excluding carboxylic acids is 1. The smallest absolute Gasteiger partial charge is 0.241 e. The van der Waals surface area contributed by atoms with Gasteiger partial charge in [0.15, 0.2) is 0 Å². The summed E-state index contributed by atoms with van der Waals surface area (Å²) in [6, 6.07) is 7.78. The molecule has 1 saturated heterocycles. The molecule has 7 heteroatoms. The maximum absolute atomic E-state index is 12.9. The van der Waals surface area contributed by atoms with Crippen molar-refractivity contribution >= 4 is 5.91 Å². The molecule has 1 amide bonds. The number of nitrogens with zero attached hydrogens (tertiary/aromatic N) is 3. The van der Waals surface area contributed by atoms with Gasteiger partial charge in [0.05, 0.1) is 19.6 Å². The molecule has 1 aliphatic heterocycles. The van der Waals surface area contributed by atoms with Crippen molar-refractivity contribution in [3.05, 3.63) is 30.2 Å². The minimum Gasteiger partial charge on any atom is -0.497 e. The maximum Gasteiger partial charge on any atom is 0.241 e. The summed E-state index contributed by atoms with van der Waals surface area (Å²) >= 11 is 0. The van der Waals surface area contributed by atoms with Crippen molar-refractivity contribution in [2.45, 2.75) is 53.1 Å². The second-order valence-corrected chi connectivity index (χ2v) is 8.84. The number of rotatable bonds is 8. The van der Waals surface area contributed by atoms with E-state index in [9.17, 15) is 4.79 Å². The Bertz CT molecular complexity index is 808. The molecule has 0 spiro atoms. The molecule has 1 atom stereocenters. The van der Waals surface area contributed by atoms with Crippen molar-refractivity contribution < 1.29 is 14.1 Å². The Morgan fingerprint density at radius 1 is 1.23 bits per heavy atom. The first-order chi connectivity index (χ1) is 14.4. The van der Waals surface area contributed by atoms with Crippen LogP contribution in [0.15, 0.2) is 28.8 Å². The van der Waals surface area contributed by atoms with Gasteiger partial charge in [-0.15, -0.1) is 0 Å². The first kappa shape index (κ1) is 22.3. The van der Waals surface area contributed by atoms with E-state index in [1.165, 1.54) is 0 Å². The minimum atomic E-state index is 0.00253. The Labute approximate surface area is 179 Å². The number of amides is 1. The van der Waals surface area contributed by atoms with Crippen LogP contribution < -0.4 is 10.1 Å². The number of hydrogen-bond acceptors (Lipinski definition) is 6. The van der Waals surface area contributed by atoms with Crippen molar-refractivity contribution in [3.8, 4) is 17.1 Å². The number of hydrogen-bond donors (Lipinski definition) is 1. The molecule has 164 valence electrons. The Morgan fingerprint density at radius 3 is 2.57 bits per heavy atom. The average Bonchev–Trinajstić information content (AvgIpc) is 3.20. The Kier molecular flexibility index (Phi) is 7.48. The molecule has 1 unspecified atom stereocenters. The highest BCUT2D eigenvalue weighted by molar-refractivity contribution is 5.79. The van der Waals surface area contributed by atoms with Gasteiger partial charge in [0.25, 0.3) is 0 Å². The van der Waals surface area contributed by atoms with Gasteiger partial charge < -0.3 is 14.6 Å². The number of ether oxygens (including phenoxy) is 1. The zero-order valence-electron chi connectivity index (χ0n) is 18.7. The first-order valence-corrected chi connectivity index (χ1v) is 10.9. The van der Waals surface area contributed by atoms with Crippen LogP contribution in [0.25, 0.3) is 11.4 Å². The predicted molar refractivity (Wildman–Crippen MR) is 116 cm³/mol. The molecule has 1 fully saturated rings. The molecule has 0 radical (unpaired) electrons. The summed E-state index contributed by atoms with van der Waals surface area (Å²) in [6.07, 6.45) is 1.91. The normalized spacial score (nSPS) is 17.7. The minimum absolute atomic E-state index is 0.00253. The van der Waals surface area contributed by atoms with Gasteiger partial charge in [-0.05, 0) is 55.5 Å². The van der Waals surface area contributed by atoms with Crippen LogP contribution in [-0.2, 0) is 11.3 Å². The van der Waals surface area contributed by atoms with Crippen molar-refractivity contribution in [1.82, 2.24) is 20.4 Å². The summed E-state index contributed by atoms with van der Waals surface area (Å²) in [6.45, 7) is 10.9. The summed E-state index contributed by atoms with van der Waals surface area (Å²) in [5, 5.41) is 7.38. The van der Waals surface area contributed by atoms with Gasteiger partial charge in [0, 0.05) is 18.2 Å². The lowest BCUT2D eigenvalue weighted by molar-refractivity contribution is -0.128. The lowest BCUT2D eigenvalue weighted by atomic mass is 9.91. The van der Waals surface area contributed by atoms with Crippen LogP contribution in [0, 0.1) is 17.8 Å². The van der Waals surface area contributed by atoms with Gasteiger partial charge in [-0.1, -0.05) is 32.9 Å². The Balaban J connectivity index is 1.58. The topological polar surface area (TPSA) is 80.5 Å². The number of nitrogens with one attached hydrogen (secondary N) is 1. The Morgan fingerprint density at radius 2 is 1.93 bits per heavy atom. The van der Waals surface area contributed by atoms with E-state index < -0.39 is 0 Å². The van der Waals surface area contributed by atoms with E-state index in [-0.39, 0.29) is 17.9 Å². The van der Waals surface area contributed by atoms with Crippen LogP contribution in [0.3, 0.4) is 0 Å². The quantitative estimate of drug-likeness (QED) is 0.708. The van der Waals surface area contributed by atoms with Crippen LogP contribution in [-0.4, -0.2) is 47.2 Å². The molecule has 2 heterocycles. The van der Waals surface area contributed by atoms with Gasteiger partial charge in [-0.3, -0.25) is 9.69 Å². The van der Waals surface area contributed by atoms with Crippen molar-refractivity contribution in [2.24, 2.45) is 17.8 Å². The number of carbonyl (C=O) groups is 1. The largest absolute Gasteiger partial charge is 0.497 e. The molecule has 2 aromatic rings. The fourth-order valence-electron chi connectivity index (χ4n) is 4.17. The van der Waals surface area contributed by atoms with Crippen LogP contribution in [0.4, 0.5) is 0 Å². The van der Waals surface area contributed by atoms with Crippen molar-refractivity contribution in [2.75, 3.05) is 20.2 Å². The first-order valence-electron chi connectivity index (χ1n) is 10.9. The third-order valence-electron chi connectivity index (χ3n) is 5.80. The maximum atomic E-state index is 12.9. The van der Waals surface area contributed by atoms with Crippen LogP contribution in [0.2, 0.25) is 0 Å². The van der Waals surface area contributed by atoms with Gasteiger partial charge in [0.2, 0.25) is 17.6 Å². The highest BCUT2D eigenvalue weighted by Gasteiger charge is 2.29. The lowest BCUT2D eigenvalue weighted by Crippen LogP contribution is -2.48. The second kappa shape index (κ2) is 10.1. The number of likely N-dealkylation sites (tertiary alicyclic amines) is 1. The summed E-state index contributed by atoms with van der Waals surface area (Å²) in [7, 11) is 1.64.